The summed E-state index contributed by atoms with van der Waals surface area (Å²) in [4.78, 5) is 14.1. The number of halogens is 4. The van der Waals surface area contributed by atoms with Gasteiger partial charge in [-0.05, 0) is 70.0 Å². The number of benzene rings is 1. The molecule has 1 N–H and O–H groups in total. The minimum absolute atomic E-state index is 0.00127. The van der Waals surface area contributed by atoms with Crippen LogP contribution in [-0.2, 0) is 29.5 Å². The van der Waals surface area contributed by atoms with E-state index in [9.17, 15) is 31.2 Å². The van der Waals surface area contributed by atoms with Crippen LogP contribution >= 0.6 is 11.3 Å². The summed E-state index contributed by atoms with van der Waals surface area (Å²) in [6, 6.07) is 8.63. The van der Waals surface area contributed by atoms with Crippen LogP contribution < -0.4 is 5.32 Å². The number of fused-ring (bicyclic) bond motifs is 2. The first-order chi connectivity index (χ1) is 23.6. The van der Waals surface area contributed by atoms with Gasteiger partial charge in [0.05, 0.1) is 11.8 Å². The quantitative estimate of drug-likeness (QED) is 0.152. The highest BCUT2D eigenvalue weighted by Gasteiger charge is 2.30. The molecule has 0 spiro atoms. The Morgan fingerprint density at radius 2 is 1.82 bits per heavy atom. The lowest BCUT2D eigenvalue weighted by molar-refractivity contribution is -0.126. The third kappa shape index (κ3) is 8.74. The fourth-order valence-electron chi connectivity index (χ4n) is 6.60. The third-order valence-electron chi connectivity index (χ3n) is 9.49. The number of piperazine rings is 1. The average molecular weight is 737 g/mol. The van der Waals surface area contributed by atoms with Gasteiger partial charge in [-0.3, -0.25) is 9.80 Å². The van der Waals surface area contributed by atoms with Gasteiger partial charge in [-0.2, -0.15) is 22.7 Å². The molecule has 2 atom stereocenters. The molecule has 1 unspecified atom stereocenters. The van der Waals surface area contributed by atoms with Crippen LogP contribution in [-0.4, -0.2) is 101 Å². The maximum Gasteiger partial charge on any atom is 0.393 e. The van der Waals surface area contributed by atoms with Crippen molar-refractivity contribution in [2.24, 2.45) is 0 Å². The van der Waals surface area contributed by atoms with Crippen LogP contribution in [0.15, 0.2) is 24.3 Å². The Morgan fingerprint density at radius 1 is 1.10 bits per heavy atom. The fourth-order valence-corrected chi connectivity index (χ4v) is 8.56. The molecule has 0 bridgehead atoms. The van der Waals surface area contributed by atoms with Gasteiger partial charge in [0.25, 0.3) is 0 Å². The largest absolute Gasteiger partial charge is 0.393 e. The Balaban J connectivity index is 1.23. The van der Waals surface area contributed by atoms with Gasteiger partial charge in [0.2, 0.25) is 16.0 Å². The molecular formula is C34H44F4N8O2S2. The molecular weight excluding hydrogens is 693 g/mol. The maximum absolute atomic E-state index is 13.0. The van der Waals surface area contributed by atoms with Crippen molar-refractivity contribution in [3.05, 3.63) is 51.8 Å². The zero-order chi connectivity index (χ0) is 36.4. The molecule has 4 aromatic rings. The molecule has 10 nitrogen and oxygen atoms in total. The number of anilines is 1. The van der Waals surface area contributed by atoms with E-state index < -0.39 is 28.6 Å². The summed E-state index contributed by atoms with van der Waals surface area (Å²) >= 11 is 1.05. The second-order valence-corrected chi connectivity index (χ2v) is 16.1. The van der Waals surface area contributed by atoms with E-state index in [0.717, 1.165) is 52.9 Å². The van der Waals surface area contributed by atoms with Crippen molar-refractivity contribution in [1.29, 1.82) is 5.26 Å². The normalized spacial score (nSPS) is 16.3. The summed E-state index contributed by atoms with van der Waals surface area (Å²) in [7, 11) is -3.86. The van der Waals surface area contributed by atoms with E-state index in [0.29, 0.717) is 53.7 Å². The highest BCUT2D eigenvalue weighted by atomic mass is 32.2. The second-order valence-electron chi connectivity index (χ2n) is 13.1. The van der Waals surface area contributed by atoms with E-state index in [-0.39, 0.29) is 30.1 Å². The first-order valence-electron chi connectivity index (χ1n) is 16.7. The Hall–Kier alpha value is -3.36. The molecule has 50 heavy (non-hydrogen) atoms. The van der Waals surface area contributed by atoms with Crippen LogP contribution in [0, 0.1) is 25.2 Å². The summed E-state index contributed by atoms with van der Waals surface area (Å²) < 4.78 is 79.2. The smallest absolute Gasteiger partial charge is 0.367 e. The molecule has 0 radical (unpaired) electrons. The Bertz CT molecular complexity index is 1960. The minimum Gasteiger partial charge on any atom is -0.367 e. The van der Waals surface area contributed by atoms with Crippen molar-refractivity contribution in [2.45, 2.75) is 78.8 Å². The van der Waals surface area contributed by atoms with Crippen molar-refractivity contribution >= 4 is 48.3 Å². The Labute approximate surface area is 294 Å². The van der Waals surface area contributed by atoms with Gasteiger partial charge in [0.15, 0.2) is 0 Å². The number of sulfonamides is 1. The molecule has 0 saturated carbocycles. The van der Waals surface area contributed by atoms with Crippen LogP contribution in [0.3, 0.4) is 0 Å². The van der Waals surface area contributed by atoms with Crippen LogP contribution in [0.2, 0.25) is 0 Å². The summed E-state index contributed by atoms with van der Waals surface area (Å²) in [6.07, 6.45) is -4.50. The first kappa shape index (κ1) is 37.9. The fraction of sp³-hybridized carbons (Fsp3) is 0.559. The summed E-state index contributed by atoms with van der Waals surface area (Å²) in [5, 5.41) is 15.1. The van der Waals surface area contributed by atoms with Crippen molar-refractivity contribution in [3.8, 4) is 6.07 Å². The maximum atomic E-state index is 13.0. The molecule has 1 aromatic carbocycles. The highest BCUT2D eigenvalue weighted by molar-refractivity contribution is 7.88. The Kier molecular flexibility index (Phi) is 11.7. The number of hydrogen-bond acceptors (Lipinski definition) is 9. The molecule has 5 rings (SSSR count). The number of nitrogens with zero attached hydrogens (tertiary/aromatic N) is 7. The highest BCUT2D eigenvalue weighted by Crippen LogP contribution is 2.33. The van der Waals surface area contributed by atoms with Crippen molar-refractivity contribution in [1.82, 2.24) is 28.6 Å². The predicted octanol–water partition coefficient (Wildman–Crippen LogP) is 6.21. The number of nitriles is 1. The van der Waals surface area contributed by atoms with E-state index in [1.54, 1.807) is 6.92 Å². The lowest BCUT2D eigenvalue weighted by Crippen LogP contribution is -2.52. The second kappa shape index (κ2) is 15.5. The van der Waals surface area contributed by atoms with E-state index >= 15 is 0 Å². The standard InChI is InChI=1S/C34H44F4N8O2S2/c1-6-43(10-9-22(2)40-32-30-16-28(17-34(36,37)38)49-33(30)42-25(5)41-32)20-26-7-8-31-29(24(26)4)15-27(18-39)46(31)19-23(3)44-11-13-45(14-12-44)50(47,48)21-35/h7-8,15-16,22-23H,6,9-14,17,19-21H2,1-5H3,(H,40,41,42)/t22?,23-/m0/s1. The molecule has 272 valence electrons. The number of alkyl halides is 4. The van der Waals surface area contributed by atoms with Crippen molar-refractivity contribution in [2.75, 3.05) is 50.6 Å². The van der Waals surface area contributed by atoms with Crippen LogP contribution in [0.1, 0.15) is 54.7 Å². The number of aryl methyl sites for hydroxylation is 2. The van der Waals surface area contributed by atoms with E-state index in [1.807, 2.05) is 17.6 Å². The zero-order valence-corrected chi connectivity index (χ0v) is 30.7. The van der Waals surface area contributed by atoms with E-state index in [4.69, 9.17) is 0 Å². The van der Waals surface area contributed by atoms with Crippen molar-refractivity contribution in [3.63, 3.8) is 0 Å². The lowest BCUT2D eigenvalue weighted by atomic mass is 10.0. The predicted molar refractivity (Wildman–Crippen MR) is 189 cm³/mol. The van der Waals surface area contributed by atoms with Crippen LogP contribution in [0.5, 0.6) is 0 Å². The number of hydrogen-bond donors (Lipinski definition) is 1. The summed E-state index contributed by atoms with van der Waals surface area (Å²) in [5.74, 6) is 1.05. The van der Waals surface area contributed by atoms with Gasteiger partial charge in [0.1, 0.15) is 28.2 Å². The third-order valence-corrected chi connectivity index (χ3v) is 11.9. The molecule has 1 aliphatic rings. The molecule has 16 heteroatoms. The van der Waals surface area contributed by atoms with Crippen molar-refractivity contribution < 1.29 is 26.0 Å². The Morgan fingerprint density at radius 3 is 2.46 bits per heavy atom. The summed E-state index contributed by atoms with van der Waals surface area (Å²) in [6.45, 7) is 14.3. The van der Waals surface area contributed by atoms with Gasteiger partial charge in [-0.1, -0.05) is 13.0 Å². The summed E-state index contributed by atoms with van der Waals surface area (Å²) in [5.41, 5.74) is 3.78. The minimum atomic E-state index is -4.29. The number of aromatic nitrogens is 3. The van der Waals surface area contributed by atoms with Gasteiger partial charge < -0.3 is 9.88 Å². The first-order valence-corrected chi connectivity index (χ1v) is 19.2. The average Bonchev–Trinajstić information content (AvgIpc) is 3.63. The molecule has 1 saturated heterocycles. The van der Waals surface area contributed by atoms with Gasteiger partial charge in [0, 0.05) is 73.7 Å². The molecule has 3 aromatic heterocycles. The zero-order valence-electron chi connectivity index (χ0n) is 29.0. The van der Waals surface area contributed by atoms with Gasteiger partial charge in [-0.25, -0.2) is 22.8 Å². The van der Waals surface area contributed by atoms with Gasteiger partial charge >= 0.3 is 6.18 Å². The van der Waals surface area contributed by atoms with E-state index in [1.165, 1.54) is 10.4 Å². The molecule has 0 amide bonds. The SMILES string of the molecule is CCN(CCC(C)Nc1nc(C)nc2sc(CC(F)(F)F)cc12)Cc1ccc2c(cc(C#N)n2C[C@H](C)N2CCN(S(=O)(=O)CF)CC2)c1C. The number of nitrogens with one attached hydrogen (secondary N) is 1. The monoisotopic (exact) mass is 736 g/mol. The lowest BCUT2D eigenvalue weighted by Gasteiger charge is -2.37. The van der Waals surface area contributed by atoms with Crippen LogP contribution in [0.25, 0.3) is 21.1 Å². The molecule has 1 aliphatic heterocycles. The molecule has 0 aliphatic carbocycles. The van der Waals surface area contributed by atoms with Gasteiger partial charge in [-0.15, -0.1) is 11.3 Å². The molecule has 1 fully saturated rings. The van der Waals surface area contributed by atoms with Crippen LogP contribution in [0.4, 0.5) is 23.4 Å². The van der Waals surface area contributed by atoms with E-state index in [2.05, 4.69) is 64.1 Å². The molecule has 4 heterocycles. The topological polar surface area (TPSA) is 110 Å². The number of rotatable bonds is 14. The number of thiophene rings is 1.